The van der Waals surface area contributed by atoms with E-state index in [1.165, 1.54) is 38.9 Å². The number of benzene rings is 3. The minimum absolute atomic E-state index is 0.00321. The number of aromatic nitrogens is 5. The van der Waals surface area contributed by atoms with Gasteiger partial charge in [0, 0.05) is 34.8 Å². The Balaban J connectivity index is 1.49. The van der Waals surface area contributed by atoms with Crippen molar-refractivity contribution in [2.45, 2.75) is 78.6 Å². The first-order valence-electron chi connectivity index (χ1n) is 17.6. The first kappa shape index (κ1) is 31.9. The Morgan fingerprint density at radius 1 is 0.680 bits per heavy atom. The zero-order valence-corrected chi connectivity index (χ0v) is 30.6. The number of hydrogen-bond acceptors (Lipinski definition) is 3. The molecule has 250 valence electrons. The predicted octanol–water partition coefficient (Wildman–Crippen LogP) is 10.1. The molecule has 0 spiro atoms. The van der Waals surface area contributed by atoms with E-state index in [-0.39, 0.29) is 5.41 Å². The van der Waals surface area contributed by atoms with Crippen molar-refractivity contribution in [2.75, 3.05) is 0 Å². The van der Waals surface area contributed by atoms with Crippen LogP contribution in [0.2, 0.25) is 0 Å². The normalized spacial score (nSPS) is 13.9. The monoisotopic (exact) mass is 655 g/mol. The van der Waals surface area contributed by atoms with Crippen molar-refractivity contribution in [2.24, 2.45) is 0 Å². The van der Waals surface area contributed by atoms with Gasteiger partial charge >= 0.3 is 0 Å². The van der Waals surface area contributed by atoms with Gasteiger partial charge in [0.1, 0.15) is 5.65 Å². The van der Waals surface area contributed by atoms with Crippen LogP contribution in [0.3, 0.4) is 0 Å². The van der Waals surface area contributed by atoms with Gasteiger partial charge in [-0.05, 0) is 108 Å². The molecular formula is C45H45N5. The maximum Gasteiger partial charge on any atom is 0.141 e. The van der Waals surface area contributed by atoms with E-state index in [0.29, 0.717) is 0 Å². The summed E-state index contributed by atoms with van der Waals surface area (Å²) in [6.07, 6.45) is 4.31. The van der Waals surface area contributed by atoms with Crippen LogP contribution in [0.15, 0.2) is 109 Å². The molecule has 1 aliphatic rings. The summed E-state index contributed by atoms with van der Waals surface area (Å²) < 4.78 is 4.39. The summed E-state index contributed by atoms with van der Waals surface area (Å²) in [6.45, 7) is 19.9. The molecule has 0 atom stereocenters. The minimum Gasteiger partial charge on any atom is -0.304 e. The molecule has 8 rings (SSSR count). The van der Waals surface area contributed by atoms with E-state index in [9.17, 15) is 0 Å². The van der Waals surface area contributed by atoms with Crippen LogP contribution in [-0.4, -0.2) is 24.1 Å². The van der Waals surface area contributed by atoms with E-state index in [0.717, 1.165) is 45.4 Å². The molecule has 0 bridgehead atoms. The minimum atomic E-state index is -0.608. The molecule has 0 N–H and O–H groups in total. The highest BCUT2D eigenvalue weighted by Gasteiger charge is 2.47. The summed E-state index contributed by atoms with van der Waals surface area (Å²) >= 11 is 0. The van der Waals surface area contributed by atoms with Gasteiger partial charge in [-0.1, -0.05) is 95.3 Å². The quantitative estimate of drug-likeness (QED) is 0.185. The maximum atomic E-state index is 5.22. The van der Waals surface area contributed by atoms with Gasteiger partial charge in [0.2, 0.25) is 0 Å². The van der Waals surface area contributed by atoms with Gasteiger partial charge in [0.05, 0.1) is 28.2 Å². The summed E-state index contributed by atoms with van der Waals surface area (Å²) in [5.41, 5.74) is 16.2. The SMILES string of the molecule is Cc1cc(C)n(-c2cccc(C3(c4cc(C(C)(C)c5cc(C(C)(C)C)ccn5)c5nc(C)c(C)n5c4)c4ccccc4-c4ccccc43)c2)n1. The average Bonchev–Trinajstić information content (AvgIpc) is 3.71. The summed E-state index contributed by atoms with van der Waals surface area (Å²) in [4.78, 5) is 10.2. The van der Waals surface area contributed by atoms with Gasteiger partial charge in [0.15, 0.2) is 0 Å². The average molecular weight is 656 g/mol. The van der Waals surface area contributed by atoms with Crippen molar-refractivity contribution in [3.05, 3.63) is 171 Å². The second-order valence-corrected chi connectivity index (χ2v) is 15.7. The van der Waals surface area contributed by atoms with Gasteiger partial charge in [-0.3, -0.25) is 4.98 Å². The summed E-state index contributed by atoms with van der Waals surface area (Å²) in [5, 5.41) is 4.89. The van der Waals surface area contributed by atoms with Crippen LogP contribution in [0.5, 0.6) is 0 Å². The smallest absolute Gasteiger partial charge is 0.141 e. The lowest BCUT2D eigenvalue weighted by Gasteiger charge is -2.36. The Morgan fingerprint density at radius 2 is 1.36 bits per heavy atom. The van der Waals surface area contributed by atoms with E-state index in [2.05, 4.69) is 175 Å². The molecule has 0 aliphatic heterocycles. The molecule has 0 saturated carbocycles. The van der Waals surface area contributed by atoms with Gasteiger partial charge in [-0.25, -0.2) is 9.67 Å². The van der Waals surface area contributed by atoms with Crippen LogP contribution in [0.1, 0.15) is 96.5 Å². The number of nitrogens with zero attached hydrogens (tertiary/aromatic N) is 5. The van der Waals surface area contributed by atoms with Crippen LogP contribution in [-0.2, 0) is 16.2 Å². The van der Waals surface area contributed by atoms with Gasteiger partial charge in [-0.15, -0.1) is 0 Å². The molecule has 4 heterocycles. The first-order valence-corrected chi connectivity index (χ1v) is 17.6. The molecule has 3 aromatic carbocycles. The second-order valence-electron chi connectivity index (χ2n) is 15.7. The van der Waals surface area contributed by atoms with Gasteiger partial charge in [-0.2, -0.15) is 5.10 Å². The molecule has 0 fully saturated rings. The van der Waals surface area contributed by atoms with E-state index in [1.807, 2.05) is 6.20 Å². The molecular weight excluding hydrogens is 611 g/mol. The third-order valence-corrected chi connectivity index (χ3v) is 11.1. The molecule has 4 aromatic heterocycles. The van der Waals surface area contributed by atoms with E-state index >= 15 is 0 Å². The highest BCUT2D eigenvalue weighted by atomic mass is 15.3. The second kappa shape index (κ2) is 11.1. The van der Waals surface area contributed by atoms with Crippen molar-refractivity contribution in [1.29, 1.82) is 0 Å². The summed E-state index contributed by atoms with van der Waals surface area (Å²) in [5.74, 6) is 0. The molecule has 0 unspecified atom stereocenters. The number of hydrogen-bond donors (Lipinski definition) is 0. The Bertz CT molecular complexity index is 2400. The molecule has 0 saturated heterocycles. The van der Waals surface area contributed by atoms with Crippen molar-refractivity contribution in [1.82, 2.24) is 24.1 Å². The fraction of sp³-hybridized carbons (Fsp3) is 0.267. The lowest BCUT2D eigenvalue weighted by molar-refractivity contribution is 0.573. The molecule has 0 amide bonds. The van der Waals surface area contributed by atoms with Crippen molar-refractivity contribution in [3.63, 3.8) is 0 Å². The maximum absolute atomic E-state index is 5.22. The van der Waals surface area contributed by atoms with Crippen LogP contribution >= 0.6 is 0 Å². The van der Waals surface area contributed by atoms with Crippen LogP contribution in [0, 0.1) is 27.7 Å². The van der Waals surface area contributed by atoms with Crippen LogP contribution < -0.4 is 0 Å². The molecule has 0 radical (unpaired) electrons. The number of pyridine rings is 2. The highest BCUT2D eigenvalue weighted by molar-refractivity contribution is 5.86. The molecule has 7 aromatic rings. The molecule has 1 aliphatic carbocycles. The lowest BCUT2D eigenvalue weighted by atomic mass is 9.67. The lowest BCUT2D eigenvalue weighted by Crippen LogP contribution is -2.31. The number of rotatable bonds is 5. The first-order chi connectivity index (χ1) is 23.8. The fourth-order valence-corrected chi connectivity index (χ4v) is 8.20. The fourth-order valence-electron chi connectivity index (χ4n) is 8.20. The summed E-state index contributed by atoms with van der Waals surface area (Å²) in [6, 6.07) is 35.9. The topological polar surface area (TPSA) is 48.0 Å². The van der Waals surface area contributed by atoms with E-state index < -0.39 is 10.8 Å². The Labute approximate surface area is 295 Å². The number of imidazole rings is 1. The van der Waals surface area contributed by atoms with Crippen molar-refractivity contribution >= 4 is 5.65 Å². The van der Waals surface area contributed by atoms with E-state index in [1.54, 1.807) is 0 Å². The molecule has 5 nitrogen and oxygen atoms in total. The molecule has 5 heteroatoms. The zero-order valence-electron chi connectivity index (χ0n) is 30.6. The Hall–Kier alpha value is -5.29. The van der Waals surface area contributed by atoms with Gasteiger partial charge < -0.3 is 4.40 Å². The number of aryl methyl sites for hydroxylation is 4. The predicted molar refractivity (Wildman–Crippen MR) is 204 cm³/mol. The zero-order chi connectivity index (χ0) is 35.2. The van der Waals surface area contributed by atoms with Crippen molar-refractivity contribution < 1.29 is 0 Å². The standard InChI is InChI=1S/C45H45N5/c1-28-23-29(2)50(48-28)35-16-14-15-33(24-35)45(38-19-12-10-17-36(38)37-18-11-13-20-39(37)45)34-25-40(42-47-30(3)31(4)49(42)27-34)44(8,9)41-26-32(21-22-46-41)43(5,6)7/h10-27H,1-9H3. The van der Waals surface area contributed by atoms with Gasteiger partial charge in [0.25, 0.3) is 0 Å². The third kappa shape index (κ3) is 4.63. The van der Waals surface area contributed by atoms with Crippen LogP contribution in [0.25, 0.3) is 22.5 Å². The highest BCUT2D eigenvalue weighted by Crippen LogP contribution is 2.56. The summed E-state index contributed by atoms with van der Waals surface area (Å²) in [7, 11) is 0. The largest absolute Gasteiger partial charge is 0.304 e. The number of fused-ring (bicyclic) bond motifs is 4. The molecule has 50 heavy (non-hydrogen) atoms. The Morgan fingerprint density at radius 3 is 2.00 bits per heavy atom. The third-order valence-electron chi connectivity index (χ3n) is 11.1. The van der Waals surface area contributed by atoms with Crippen LogP contribution in [0.4, 0.5) is 0 Å². The van der Waals surface area contributed by atoms with Crippen molar-refractivity contribution in [3.8, 4) is 16.8 Å². The Kier molecular flexibility index (Phi) is 7.10. The van der Waals surface area contributed by atoms with E-state index in [4.69, 9.17) is 15.1 Å².